The number of benzene rings is 3. The normalized spacial score (nSPS) is 13.6. The zero-order valence-electron chi connectivity index (χ0n) is 21.0. The molecule has 0 aliphatic carbocycles. The standard InChI is InChI=1S/C29H30N2O5/c1-18-13-23(30-28-25(34-3)10-9-24(33-2)27(18)28)20-14-21-17-31(16-19-5-7-22(32)8-6-19)11-12-36-29(21)26(15-20)35-4/h5-10,13-15,32H,11-12,16-17H2,1-4H3. The Hall–Kier alpha value is -3.97. The van der Waals surface area contributed by atoms with Crippen LogP contribution in [0.15, 0.2) is 54.6 Å². The SMILES string of the molecule is COc1cc(-c2cc(C)c3c(OC)ccc(OC)c3n2)cc2c1OCCN(Cc1ccc(O)cc1)C2. The maximum Gasteiger partial charge on any atom is 0.165 e. The molecule has 1 aliphatic rings. The van der Waals surface area contributed by atoms with Gasteiger partial charge in [0.2, 0.25) is 0 Å². The number of phenols is 1. The lowest BCUT2D eigenvalue weighted by Gasteiger charge is -2.20. The Morgan fingerprint density at radius 1 is 0.917 bits per heavy atom. The maximum absolute atomic E-state index is 9.61. The van der Waals surface area contributed by atoms with Gasteiger partial charge in [-0.15, -0.1) is 0 Å². The topological polar surface area (TPSA) is 73.3 Å². The lowest BCUT2D eigenvalue weighted by molar-refractivity contribution is 0.217. The van der Waals surface area contributed by atoms with Crippen molar-refractivity contribution in [2.45, 2.75) is 20.0 Å². The molecule has 0 spiro atoms. The van der Waals surface area contributed by atoms with Gasteiger partial charge in [0, 0.05) is 36.1 Å². The van der Waals surface area contributed by atoms with Gasteiger partial charge >= 0.3 is 0 Å². The van der Waals surface area contributed by atoms with Crippen molar-refractivity contribution in [3.63, 3.8) is 0 Å². The van der Waals surface area contributed by atoms with Crippen molar-refractivity contribution in [3.8, 4) is 40.0 Å². The van der Waals surface area contributed by atoms with Crippen LogP contribution in [-0.4, -0.2) is 49.5 Å². The van der Waals surface area contributed by atoms with Crippen LogP contribution in [0.4, 0.5) is 0 Å². The number of rotatable bonds is 6. The molecular weight excluding hydrogens is 456 g/mol. The van der Waals surface area contributed by atoms with Gasteiger partial charge in [-0.25, -0.2) is 4.98 Å². The molecule has 0 radical (unpaired) electrons. The van der Waals surface area contributed by atoms with E-state index >= 15 is 0 Å². The molecule has 0 amide bonds. The number of aromatic hydroxyl groups is 1. The summed E-state index contributed by atoms with van der Waals surface area (Å²) in [7, 11) is 4.97. The van der Waals surface area contributed by atoms with E-state index in [9.17, 15) is 5.11 Å². The molecule has 1 N–H and O–H groups in total. The predicted octanol–water partition coefficient (Wildman–Crippen LogP) is 5.34. The minimum absolute atomic E-state index is 0.269. The average Bonchev–Trinajstić information content (AvgIpc) is 3.10. The van der Waals surface area contributed by atoms with Crippen molar-refractivity contribution in [3.05, 3.63) is 71.3 Å². The Kier molecular flexibility index (Phi) is 6.57. The lowest BCUT2D eigenvalue weighted by atomic mass is 10.0. The van der Waals surface area contributed by atoms with Gasteiger partial charge in [-0.05, 0) is 60.5 Å². The van der Waals surface area contributed by atoms with Crippen LogP contribution in [0.25, 0.3) is 22.2 Å². The Bertz CT molecular complexity index is 1400. The zero-order chi connectivity index (χ0) is 25.2. The zero-order valence-corrected chi connectivity index (χ0v) is 21.0. The van der Waals surface area contributed by atoms with E-state index in [-0.39, 0.29) is 5.75 Å². The van der Waals surface area contributed by atoms with Crippen molar-refractivity contribution in [1.29, 1.82) is 0 Å². The highest BCUT2D eigenvalue weighted by Gasteiger charge is 2.22. The fourth-order valence-corrected chi connectivity index (χ4v) is 4.79. The van der Waals surface area contributed by atoms with Crippen LogP contribution in [-0.2, 0) is 13.1 Å². The summed E-state index contributed by atoms with van der Waals surface area (Å²) in [6, 6.07) is 17.3. The highest BCUT2D eigenvalue weighted by molar-refractivity contribution is 5.94. The first-order valence-corrected chi connectivity index (χ1v) is 11.9. The van der Waals surface area contributed by atoms with Crippen LogP contribution in [0.1, 0.15) is 16.7 Å². The van der Waals surface area contributed by atoms with E-state index in [1.165, 1.54) is 0 Å². The molecule has 1 aromatic heterocycles. The fraction of sp³-hybridized carbons (Fsp3) is 0.276. The van der Waals surface area contributed by atoms with Gasteiger partial charge in [-0.2, -0.15) is 0 Å². The summed E-state index contributed by atoms with van der Waals surface area (Å²) in [5.74, 6) is 3.18. The predicted molar refractivity (Wildman–Crippen MR) is 139 cm³/mol. The fourth-order valence-electron chi connectivity index (χ4n) is 4.79. The molecule has 186 valence electrons. The number of hydrogen-bond acceptors (Lipinski definition) is 7. The molecule has 0 atom stereocenters. The molecular formula is C29H30N2O5. The van der Waals surface area contributed by atoms with Crippen LogP contribution >= 0.6 is 0 Å². The molecule has 3 aromatic carbocycles. The molecule has 0 saturated carbocycles. The Labute approximate surface area is 210 Å². The largest absolute Gasteiger partial charge is 0.508 e. The van der Waals surface area contributed by atoms with Crippen LogP contribution in [0, 0.1) is 6.92 Å². The van der Waals surface area contributed by atoms with Crippen molar-refractivity contribution in [2.75, 3.05) is 34.5 Å². The Morgan fingerprint density at radius 3 is 2.36 bits per heavy atom. The highest BCUT2D eigenvalue weighted by atomic mass is 16.5. The Balaban J connectivity index is 1.57. The van der Waals surface area contributed by atoms with Crippen molar-refractivity contribution in [2.24, 2.45) is 0 Å². The molecule has 5 rings (SSSR count). The van der Waals surface area contributed by atoms with E-state index in [0.29, 0.717) is 24.7 Å². The van der Waals surface area contributed by atoms with Crippen molar-refractivity contribution in [1.82, 2.24) is 9.88 Å². The van der Waals surface area contributed by atoms with E-state index < -0.39 is 0 Å². The van der Waals surface area contributed by atoms with Crippen LogP contribution in [0.2, 0.25) is 0 Å². The second-order valence-corrected chi connectivity index (χ2v) is 8.91. The molecule has 0 fully saturated rings. The molecule has 1 aliphatic heterocycles. The number of nitrogens with zero attached hydrogens (tertiary/aromatic N) is 2. The van der Waals surface area contributed by atoms with E-state index in [1.54, 1.807) is 33.5 Å². The molecule has 7 nitrogen and oxygen atoms in total. The van der Waals surface area contributed by atoms with Crippen LogP contribution in [0.5, 0.6) is 28.7 Å². The van der Waals surface area contributed by atoms with E-state index in [2.05, 4.69) is 24.0 Å². The molecule has 0 saturated heterocycles. The Morgan fingerprint density at radius 2 is 1.64 bits per heavy atom. The number of aryl methyl sites for hydroxylation is 1. The van der Waals surface area contributed by atoms with Gasteiger partial charge in [-0.3, -0.25) is 4.90 Å². The van der Waals surface area contributed by atoms with Gasteiger partial charge in [0.1, 0.15) is 29.4 Å². The average molecular weight is 487 g/mol. The monoisotopic (exact) mass is 486 g/mol. The van der Waals surface area contributed by atoms with Crippen LogP contribution in [0.3, 0.4) is 0 Å². The van der Waals surface area contributed by atoms with Gasteiger partial charge in [0.05, 0.1) is 27.0 Å². The minimum atomic E-state index is 0.269. The molecule has 0 bridgehead atoms. The number of aromatic nitrogens is 1. The summed E-state index contributed by atoms with van der Waals surface area (Å²) in [5, 5.41) is 10.5. The summed E-state index contributed by atoms with van der Waals surface area (Å²) in [5.41, 5.74) is 5.73. The third-order valence-corrected chi connectivity index (χ3v) is 6.56. The summed E-state index contributed by atoms with van der Waals surface area (Å²) < 4.78 is 23.1. The first-order valence-electron chi connectivity index (χ1n) is 11.9. The first kappa shape index (κ1) is 23.8. The molecule has 2 heterocycles. The van der Waals surface area contributed by atoms with E-state index in [1.807, 2.05) is 30.3 Å². The quantitative estimate of drug-likeness (QED) is 0.395. The second-order valence-electron chi connectivity index (χ2n) is 8.91. The first-order chi connectivity index (χ1) is 17.5. The van der Waals surface area contributed by atoms with E-state index in [4.69, 9.17) is 23.9 Å². The smallest absolute Gasteiger partial charge is 0.165 e. The minimum Gasteiger partial charge on any atom is -0.508 e. The second kappa shape index (κ2) is 9.95. The van der Waals surface area contributed by atoms with Gasteiger partial charge < -0.3 is 24.1 Å². The number of methoxy groups -OCH3 is 3. The van der Waals surface area contributed by atoms with Gasteiger partial charge in [0.25, 0.3) is 0 Å². The number of ether oxygens (including phenoxy) is 4. The number of pyridine rings is 1. The number of fused-ring (bicyclic) bond motifs is 2. The summed E-state index contributed by atoms with van der Waals surface area (Å²) in [4.78, 5) is 7.32. The summed E-state index contributed by atoms with van der Waals surface area (Å²) >= 11 is 0. The van der Waals surface area contributed by atoms with Crippen molar-refractivity contribution < 1.29 is 24.1 Å². The molecule has 0 unspecified atom stereocenters. The molecule has 36 heavy (non-hydrogen) atoms. The number of hydrogen-bond donors (Lipinski definition) is 1. The third kappa shape index (κ3) is 4.50. The van der Waals surface area contributed by atoms with E-state index in [0.717, 1.165) is 63.4 Å². The number of phenolic OH excluding ortho intramolecular Hbond substituents is 1. The summed E-state index contributed by atoms with van der Waals surface area (Å²) in [6.07, 6.45) is 0. The lowest BCUT2D eigenvalue weighted by Crippen LogP contribution is -2.25. The molecule has 4 aromatic rings. The highest BCUT2D eigenvalue weighted by Crippen LogP contribution is 2.41. The van der Waals surface area contributed by atoms with Crippen molar-refractivity contribution >= 4 is 10.9 Å². The summed E-state index contributed by atoms with van der Waals surface area (Å²) in [6.45, 7) is 4.84. The van der Waals surface area contributed by atoms with Gasteiger partial charge in [0.15, 0.2) is 11.5 Å². The van der Waals surface area contributed by atoms with Gasteiger partial charge in [-0.1, -0.05) is 12.1 Å². The third-order valence-electron chi connectivity index (χ3n) is 6.56. The maximum atomic E-state index is 9.61. The van der Waals surface area contributed by atoms with Crippen LogP contribution < -0.4 is 18.9 Å². The molecule has 7 heteroatoms.